The average Bonchev–Trinajstić information content (AvgIpc) is 2.39. The van der Waals surface area contributed by atoms with Crippen LogP contribution in [-0.2, 0) is 6.54 Å². The molecule has 1 saturated heterocycles. The molecule has 1 aliphatic rings. The third-order valence-electron chi connectivity index (χ3n) is 3.71. The number of anilines is 1. The highest BCUT2D eigenvalue weighted by atomic mass is 15.2. The van der Waals surface area contributed by atoms with E-state index in [1.807, 2.05) is 0 Å². The van der Waals surface area contributed by atoms with E-state index in [1.165, 1.54) is 24.1 Å². The Balaban J connectivity index is 2.00. The van der Waals surface area contributed by atoms with Crippen molar-refractivity contribution in [1.82, 2.24) is 4.90 Å². The standard InChI is InChI=1S/C14H23N3/c1-16(2)13-6-8-17(9-7-13)14-5-3-4-12(10-14)11-15/h3-5,10,13H,6-9,11,15H2,1-2H3. The van der Waals surface area contributed by atoms with Crippen LogP contribution in [0.3, 0.4) is 0 Å². The van der Waals surface area contributed by atoms with Crippen LogP contribution >= 0.6 is 0 Å². The lowest BCUT2D eigenvalue weighted by Gasteiger charge is -2.36. The number of nitrogens with zero attached hydrogens (tertiary/aromatic N) is 2. The van der Waals surface area contributed by atoms with E-state index in [-0.39, 0.29) is 0 Å². The number of rotatable bonds is 3. The second-order valence-corrected chi connectivity index (χ2v) is 5.06. The Morgan fingerprint density at radius 3 is 2.59 bits per heavy atom. The normalized spacial score (nSPS) is 17.8. The molecule has 1 aromatic rings. The molecule has 3 nitrogen and oxygen atoms in total. The van der Waals surface area contributed by atoms with Crippen molar-refractivity contribution in [3.8, 4) is 0 Å². The van der Waals surface area contributed by atoms with Crippen molar-refractivity contribution in [2.45, 2.75) is 25.4 Å². The van der Waals surface area contributed by atoms with Gasteiger partial charge in [0.25, 0.3) is 0 Å². The van der Waals surface area contributed by atoms with Crippen molar-refractivity contribution in [3.63, 3.8) is 0 Å². The molecule has 2 N–H and O–H groups in total. The second-order valence-electron chi connectivity index (χ2n) is 5.06. The van der Waals surface area contributed by atoms with Gasteiger partial charge in [-0.05, 0) is 44.6 Å². The number of hydrogen-bond acceptors (Lipinski definition) is 3. The molecular weight excluding hydrogens is 210 g/mol. The Hall–Kier alpha value is -1.06. The zero-order valence-electron chi connectivity index (χ0n) is 10.9. The summed E-state index contributed by atoms with van der Waals surface area (Å²) in [6.45, 7) is 2.93. The van der Waals surface area contributed by atoms with E-state index in [9.17, 15) is 0 Å². The predicted octanol–water partition coefficient (Wildman–Crippen LogP) is 1.68. The first-order chi connectivity index (χ1) is 8.20. The summed E-state index contributed by atoms with van der Waals surface area (Å²) in [5.74, 6) is 0. The van der Waals surface area contributed by atoms with Crippen molar-refractivity contribution < 1.29 is 0 Å². The van der Waals surface area contributed by atoms with Gasteiger partial charge >= 0.3 is 0 Å². The maximum atomic E-state index is 5.68. The summed E-state index contributed by atoms with van der Waals surface area (Å²) in [5, 5.41) is 0. The van der Waals surface area contributed by atoms with E-state index in [4.69, 9.17) is 5.73 Å². The average molecular weight is 233 g/mol. The third-order valence-corrected chi connectivity index (χ3v) is 3.71. The summed E-state index contributed by atoms with van der Waals surface area (Å²) in [6, 6.07) is 9.35. The highest BCUT2D eigenvalue weighted by Gasteiger charge is 2.20. The smallest absolute Gasteiger partial charge is 0.0369 e. The highest BCUT2D eigenvalue weighted by molar-refractivity contribution is 5.49. The lowest BCUT2D eigenvalue weighted by atomic mass is 10.0. The molecule has 0 amide bonds. The third kappa shape index (κ3) is 2.99. The summed E-state index contributed by atoms with van der Waals surface area (Å²) >= 11 is 0. The van der Waals surface area contributed by atoms with Crippen molar-refractivity contribution in [2.75, 3.05) is 32.1 Å². The molecule has 17 heavy (non-hydrogen) atoms. The summed E-state index contributed by atoms with van der Waals surface area (Å²) in [5.41, 5.74) is 8.23. The molecule has 3 heteroatoms. The molecule has 0 spiro atoms. The molecule has 0 aromatic heterocycles. The molecule has 0 atom stereocenters. The number of hydrogen-bond donors (Lipinski definition) is 1. The molecule has 94 valence electrons. The molecule has 0 aliphatic carbocycles. The Bertz CT molecular complexity index is 354. The zero-order chi connectivity index (χ0) is 12.3. The lowest BCUT2D eigenvalue weighted by Crippen LogP contribution is -2.42. The monoisotopic (exact) mass is 233 g/mol. The van der Waals surface area contributed by atoms with Gasteiger partial charge in [0.15, 0.2) is 0 Å². The van der Waals surface area contributed by atoms with Crippen LogP contribution in [0.2, 0.25) is 0 Å². The van der Waals surface area contributed by atoms with Gasteiger partial charge in [0.2, 0.25) is 0 Å². The Morgan fingerprint density at radius 1 is 1.29 bits per heavy atom. The van der Waals surface area contributed by atoms with Crippen LogP contribution in [0.15, 0.2) is 24.3 Å². The number of piperidine rings is 1. The topological polar surface area (TPSA) is 32.5 Å². The number of benzene rings is 1. The van der Waals surface area contributed by atoms with Gasteiger partial charge in [-0.1, -0.05) is 12.1 Å². The minimum absolute atomic E-state index is 0.627. The van der Waals surface area contributed by atoms with E-state index in [1.54, 1.807) is 0 Å². The van der Waals surface area contributed by atoms with Gasteiger partial charge in [0, 0.05) is 31.4 Å². The molecule has 0 bridgehead atoms. The van der Waals surface area contributed by atoms with Crippen molar-refractivity contribution in [1.29, 1.82) is 0 Å². The van der Waals surface area contributed by atoms with Crippen molar-refractivity contribution >= 4 is 5.69 Å². The molecule has 1 aliphatic heterocycles. The van der Waals surface area contributed by atoms with E-state index < -0.39 is 0 Å². The maximum Gasteiger partial charge on any atom is 0.0369 e. The summed E-state index contributed by atoms with van der Waals surface area (Å²) in [7, 11) is 4.35. The van der Waals surface area contributed by atoms with Gasteiger partial charge in [-0.3, -0.25) is 0 Å². The Kier molecular flexibility index (Phi) is 4.02. The van der Waals surface area contributed by atoms with Gasteiger partial charge < -0.3 is 15.5 Å². The van der Waals surface area contributed by atoms with E-state index >= 15 is 0 Å². The van der Waals surface area contributed by atoms with Crippen LogP contribution < -0.4 is 10.6 Å². The fourth-order valence-corrected chi connectivity index (χ4v) is 2.52. The summed E-state index contributed by atoms with van der Waals surface area (Å²) in [4.78, 5) is 4.81. The Morgan fingerprint density at radius 2 is 2.00 bits per heavy atom. The zero-order valence-corrected chi connectivity index (χ0v) is 10.9. The van der Waals surface area contributed by atoms with Gasteiger partial charge in [-0.15, -0.1) is 0 Å². The minimum atomic E-state index is 0.627. The fourth-order valence-electron chi connectivity index (χ4n) is 2.52. The minimum Gasteiger partial charge on any atom is -0.371 e. The molecule has 1 heterocycles. The fraction of sp³-hybridized carbons (Fsp3) is 0.571. The van der Waals surface area contributed by atoms with Gasteiger partial charge in [-0.25, -0.2) is 0 Å². The van der Waals surface area contributed by atoms with Crippen LogP contribution in [0, 0.1) is 0 Å². The van der Waals surface area contributed by atoms with Crippen LogP contribution in [-0.4, -0.2) is 38.1 Å². The first-order valence-corrected chi connectivity index (χ1v) is 6.41. The molecular formula is C14H23N3. The van der Waals surface area contributed by atoms with E-state index in [0.717, 1.165) is 19.1 Å². The van der Waals surface area contributed by atoms with E-state index in [2.05, 4.69) is 48.2 Å². The lowest BCUT2D eigenvalue weighted by molar-refractivity contribution is 0.249. The van der Waals surface area contributed by atoms with Crippen LogP contribution in [0.1, 0.15) is 18.4 Å². The largest absolute Gasteiger partial charge is 0.371 e. The highest BCUT2D eigenvalue weighted by Crippen LogP contribution is 2.22. The first kappa shape index (κ1) is 12.4. The molecule has 0 unspecified atom stereocenters. The summed E-state index contributed by atoms with van der Waals surface area (Å²) in [6.07, 6.45) is 2.50. The van der Waals surface area contributed by atoms with Gasteiger partial charge in [-0.2, -0.15) is 0 Å². The van der Waals surface area contributed by atoms with Gasteiger partial charge in [0.1, 0.15) is 0 Å². The maximum absolute atomic E-state index is 5.68. The van der Waals surface area contributed by atoms with Crippen molar-refractivity contribution in [2.24, 2.45) is 5.73 Å². The predicted molar refractivity (Wildman–Crippen MR) is 73.3 cm³/mol. The van der Waals surface area contributed by atoms with Crippen LogP contribution in [0.5, 0.6) is 0 Å². The first-order valence-electron chi connectivity index (χ1n) is 6.41. The molecule has 0 saturated carbocycles. The second kappa shape index (κ2) is 5.52. The van der Waals surface area contributed by atoms with Gasteiger partial charge in [0.05, 0.1) is 0 Å². The molecule has 1 fully saturated rings. The summed E-state index contributed by atoms with van der Waals surface area (Å²) < 4.78 is 0. The van der Waals surface area contributed by atoms with E-state index in [0.29, 0.717) is 6.54 Å². The quantitative estimate of drug-likeness (QED) is 0.862. The molecule has 2 rings (SSSR count). The Labute approximate surface area is 104 Å². The molecule has 0 radical (unpaired) electrons. The SMILES string of the molecule is CN(C)C1CCN(c2cccc(CN)c2)CC1. The number of nitrogens with two attached hydrogens (primary N) is 1. The van der Waals surface area contributed by atoms with Crippen LogP contribution in [0.25, 0.3) is 0 Å². The molecule has 1 aromatic carbocycles. The van der Waals surface area contributed by atoms with Crippen molar-refractivity contribution in [3.05, 3.63) is 29.8 Å². The van der Waals surface area contributed by atoms with Crippen LogP contribution in [0.4, 0.5) is 5.69 Å².